The first-order valence-corrected chi connectivity index (χ1v) is 9.22. The maximum Gasteiger partial charge on any atom is 0.333 e. The van der Waals surface area contributed by atoms with Crippen molar-refractivity contribution in [1.82, 2.24) is 0 Å². The van der Waals surface area contributed by atoms with E-state index in [1.54, 1.807) is 0 Å². The molecule has 0 bridgehead atoms. The van der Waals surface area contributed by atoms with Crippen LogP contribution in [0, 0.1) is 17.8 Å². The molecule has 0 aromatic carbocycles. The van der Waals surface area contributed by atoms with Crippen LogP contribution in [-0.2, 0) is 18.4 Å². The van der Waals surface area contributed by atoms with E-state index in [9.17, 15) is 9.36 Å². The first-order chi connectivity index (χ1) is 9.19. The van der Waals surface area contributed by atoms with Crippen LogP contribution in [0.3, 0.4) is 0 Å². The fourth-order valence-corrected chi connectivity index (χ4v) is 4.48. The van der Waals surface area contributed by atoms with E-state index in [2.05, 4.69) is 13.8 Å². The first kappa shape index (κ1) is 19.8. The van der Waals surface area contributed by atoms with E-state index in [0.29, 0.717) is 19.6 Å². The topological polar surface area (TPSA) is 52.6 Å². The summed E-state index contributed by atoms with van der Waals surface area (Å²) in [6.07, 6.45) is 0.431. The SMILES string of the molecule is CCOP(=O)(OCC)[C@H](C)[C@@H](CC(=O)C(C)C)C(C)C. The van der Waals surface area contributed by atoms with Crippen molar-refractivity contribution in [1.29, 1.82) is 0 Å². The highest BCUT2D eigenvalue weighted by Crippen LogP contribution is 2.56. The molecular formula is C15H31O4P. The number of rotatable bonds is 10. The number of hydrogen-bond donors (Lipinski definition) is 0. The molecule has 0 aliphatic rings. The van der Waals surface area contributed by atoms with E-state index < -0.39 is 7.60 Å². The van der Waals surface area contributed by atoms with Crippen molar-refractivity contribution in [3.8, 4) is 0 Å². The van der Waals surface area contributed by atoms with Crippen molar-refractivity contribution in [3.63, 3.8) is 0 Å². The highest BCUT2D eigenvalue weighted by molar-refractivity contribution is 7.54. The van der Waals surface area contributed by atoms with Gasteiger partial charge in [0.1, 0.15) is 5.78 Å². The van der Waals surface area contributed by atoms with Crippen molar-refractivity contribution in [2.24, 2.45) is 17.8 Å². The maximum absolute atomic E-state index is 12.9. The van der Waals surface area contributed by atoms with E-state index >= 15 is 0 Å². The van der Waals surface area contributed by atoms with Gasteiger partial charge in [-0.3, -0.25) is 9.36 Å². The second-order valence-corrected chi connectivity index (χ2v) is 8.26. The highest BCUT2D eigenvalue weighted by Gasteiger charge is 2.39. The van der Waals surface area contributed by atoms with Gasteiger partial charge in [-0.15, -0.1) is 0 Å². The maximum atomic E-state index is 12.9. The molecule has 0 radical (unpaired) electrons. The zero-order chi connectivity index (χ0) is 15.9. The molecule has 0 rings (SSSR count). The molecule has 0 amide bonds. The standard InChI is InChI=1S/C15H31O4P/c1-8-18-20(17,19-9-2)13(7)14(11(3)4)10-15(16)12(5)6/h11-14H,8-10H2,1-7H3/t13-,14+/m1/s1. The number of hydrogen-bond acceptors (Lipinski definition) is 4. The van der Waals surface area contributed by atoms with Gasteiger partial charge >= 0.3 is 7.60 Å². The summed E-state index contributed by atoms with van der Waals surface area (Å²) >= 11 is 0. The summed E-state index contributed by atoms with van der Waals surface area (Å²) in [5, 5.41) is 0. The molecule has 0 aliphatic heterocycles. The molecule has 5 heteroatoms. The normalized spacial score (nSPS) is 15.7. The quantitative estimate of drug-likeness (QED) is 0.556. The third-order valence-electron chi connectivity index (χ3n) is 3.67. The smallest absolute Gasteiger partial charge is 0.309 e. The number of carbonyl (C=O) groups is 1. The van der Waals surface area contributed by atoms with Gasteiger partial charge in [0, 0.05) is 12.3 Å². The Balaban J connectivity index is 5.15. The molecule has 0 aliphatic carbocycles. The summed E-state index contributed by atoms with van der Waals surface area (Å²) in [6.45, 7) is 14.1. The Labute approximate surface area is 124 Å². The lowest BCUT2D eigenvalue weighted by Crippen LogP contribution is -2.28. The van der Waals surface area contributed by atoms with E-state index in [1.807, 2.05) is 34.6 Å². The van der Waals surface area contributed by atoms with Gasteiger partial charge in [-0.2, -0.15) is 0 Å². The van der Waals surface area contributed by atoms with E-state index in [-0.39, 0.29) is 29.2 Å². The lowest BCUT2D eigenvalue weighted by Gasteiger charge is -2.32. The Morgan fingerprint density at radius 2 is 1.45 bits per heavy atom. The molecule has 4 nitrogen and oxygen atoms in total. The zero-order valence-corrected chi connectivity index (χ0v) is 14.9. The monoisotopic (exact) mass is 306 g/mol. The molecule has 0 aromatic heterocycles. The predicted molar refractivity (Wildman–Crippen MR) is 83.1 cm³/mol. The second kappa shape index (κ2) is 8.96. The molecule has 0 unspecified atom stereocenters. The molecule has 0 spiro atoms. The molecule has 120 valence electrons. The molecule has 0 heterocycles. The van der Waals surface area contributed by atoms with Crippen LogP contribution in [0.15, 0.2) is 0 Å². The third kappa shape index (κ3) is 5.67. The largest absolute Gasteiger partial charge is 0.333 e. The van der Waals surface area contributed by atoms with Crippen LogP contribution in [0.1, 0.15) is 54.9 Å². The fraction of sp³-hybridized carbons (Fsp3) is 0.933. The molecular weight excluding hydrogens is 275 g/mol. The minimum absolute atomic E-state index is 0.00187. The Hall–Kier alpha value is -0.180. The van der Waals surface area contributed by atoms with Gasteiger partial charge in [-0.1, -0.05) is 34.6 Å². The Morgan fingerprint density at radius 3 is 1.75 bits per heavy atom. The molecule has 2 atom stereocenters. The molecule has 0 saturated carbocycles. The van der Waals surface area contributed by atoms with Crippen LogP contribution >= 0.6 is 7.60 Å². The van der Waals surface area contributed by atoms with Gasteiger partial charge in [0.05, 0.1) is 18.9 Å². The molecule has 0 saturated heterocycles. The van der Waals surface area contributed by atoms with E-state index in [4.69, 9.17) is 9.05 Å². The molecule has 0 N–H and O–H groups in total. The fourth-order valence-electron chi connectivity index (χ4n) is 2.30. The molecule has 20 heavy (non-hydrogen) atoms. The Bertz CT molecular complexity index is 329. The summed E-state index contributed by atoms with van der Waals surface area (Å²) in [5.41, 5.74) is -0.273. The zero-order valence-electron chi connectivity index (χ0n) is 14.0. The minimum atomic E-state index is -3.16. The summed E-state index contributed by atoms with van der Waals surface area (Å²) in [7, 11) is -3.16. The van der Waals surface area contributed by atoms with Crippen LogP contribution in [0.2, 0.25) is 0 Å². The summed E-state index contributed by atoms with van der Waals surface area (Å²) in [6, 6.07) is 0. The number of Topliss-reactive ketones (excluding diaryl/α,β-unsaturated/α-hetero) is 1. The van der Waals surface area contributed by atoms with Gasteiger partial charge in [-0.05, 0) is 25.7 Å². The Kier molecular flexibility index (Phi) is 8.88. The van der Waals surface area contributed by atoms with Crippen LogP contribution in [-0.4, -0.2) is 24.7 Å². The van der Waals surface area contributed by atoms with Gasteiger partial charge in [0.2, 0.25) is 0 Å². The van der Waals surface area contributed by atoms with Crippen LogP contribution in [0.25, 0.3) is 0 Å². The van der Waals surface area contributed by atoms with Crippen LogP contribution in [0.5, 0.6) is 0 Å². The van der Waals surface area contributed by atoms with Crippen molar-refractivity contribution in [2.45, 2.75) is 60.5 Å². The lowest BCUT2D eigenvalue weighted by molar-refractivity contribution is -0.123. The molecule has 0 aromatic rings. The number of ketones is 1. The van der Waals surface area contributed by atoms with Crippen molar-refractivity contribution < 1.29 is 18.4 Å². The van der Waals surface area contributed by atoms with Crippen LogP contribution < -0.4 is 0 Å². The highest BCUT2D eigenvalue weighted by atomic mass is 31.2. The second-order valence-electron chi connectivity index (χ2n) is 5.85. The van der Waals surface area contributed by atoms with Gasteiger partial charge in [0.25, 0.3) is 0 Å². The van der Waals surface area contributed by atoms with Crippen molar-refractivity contribution in [3.05, 3.63) is 0 Å². The summed E-state index contributed by atoms with van der Waals surface area (Å²) < 4.78 is 23.7. The molecule has 0 fully saturated rings. The first-order valence-electron chi connectivity index (χ1n) is 7.61. The van der Waals surface area contributed by atoms with E-state index in [0.717, 1.165) is 0 Å². The summed E-state index contributed by atoms with van der Waals surface area (Å²) in [5.74, 6) is 0.466. The van der Waals surface area contributed by atoms with E-state index in [1.165, 1.54) is 0 Å². The average Bonchev–Trinajstić information content (AvgIpc) is 2.34. The van der Waals surface area contributed by atoms with Gasteiger partial charge < -0.3 is 9.05 Å². The summed E-state index contributed by atoms with van der Waals surface area (Å²) in [4.78, 5) is 12.0. The number of carbonyl (C=O) groups excluding carboxylic acids is 1. The predicted octanol–water partition coefficient (Wildman–Crippen LogP) is 4.53. The lowest BCUT2D eigenvalue weighted by atomic mass is 9.86. The van der Waals surface area contributed by atoms with Crippen LogP contribution in [0.4, 0.5) is 0 Å². The van der Waals surface area contributed by atoms with Crippen molar-refractivity contribution >= 4 is 13.4 Å². The Morgan fingerprint density at radius 1 is 1.00 bits per heavy atom. The van der Waals surface area contributed by atoms with Gasteiger partial charge in [-0.25, -0.2) is 0 Å². The van der Waals surface area contributed by atoms with Gasteiger partial charge in [0.15, 0.2) is 0 Å². The average molecular weight is 306 g/mol. The third-order valence-corrected chi connectivity index (χ3v) is 6.29. The van der Waals surface area contributed by atoms with Crippen molar-refractivity contribution in [2.75, 3.05) is 13.2 Å². The minimum Gasteiger partial charge on any atom is -0.309 e.